The second-order valence-electron chi connectivity index (χ2n) is 4.90. The van der Waals surface area contributed by atoms with Crippen molar-refractivity contribution in [3.63, 3.8) is 0 Å². The summed E-state index contributed by atoms with van der Waals surface area (Å²) in [4.78, 5) is 20.5. The second-order valence-corrected chi connectivity index (χ2v) is 4.90. The van der Waals surface area contributed by atoms with Crippen LogP contribution >= 0.6 is 0 Å². The topological polar surface area (TPSA) is 47.9 Å². The van der Waals surface area contributed by atoms with E-state index in [9.17, 15) is 4.79 Å². The van der Waals surface area contributed by atoms with Gasteiger partial charge in [-0.2, -0.15) is 0 Å². The van der Waals surface area contributed by atoms with Crippen LogP contribution < -0.4 is 10.2 Å². The first-order chi connectivity index (χ1) is 9.25. The zero-order valence-corrected chi connectivity index (χ0v) is 11.1. The summed E-state index contributed by atoms with van der Waals surface area (Å²) in [7, 11) is 1.98. The monoisotopic (exact) mass is 258 g/mol. The summed E-state index contributed by atoms with van der Waals surface area (Å²) in [6, 6.07) is 8.10. The Balaban J connectivity index is 1.63. The van der Waals surface area contributed by atoms with Crippen molar-refractivity contribution in [2.45, 2.75) is 6.42 Å². The van der Waals surface area contributed by atoms with Crippen molar-refractivity contribution >= 4 is 17.6 Å². The van der Waals surface area contributed by atoms with Gasteiger partial charge in [0.25, 0.3) is 0 Å². The fourth-order valence-corrected chi connectivity index (χ4v) is 2.57. The van der Waals surface area contributed by atoms with Crippen molar-refractivity contribution in [2.24, 2.45) is 4.99 Å². The van der Waals surface area contributed by atoms with Crippen LogP contribution in [0.3, 0.4) is 0 Å². The first kappa shape index (κ1) is 12.0. The van der Waals surface area contributed by atoms with Crippen LogP contribution in [0, 0.1) is 0 Å². The normalized spacial score (nSPS) is 17.4. The van der Waals surface area contributed by atoms with E-state index in [1.165, 1.54) is 5.56 Å². The van der Waals surface area contributed by atoms with Crippen molar-refractivity contribution in [3.8, 4) is 0 Å². The van der Waals surface area contributed by atoms with E-state index in [2.05, 4.69) is 16.4 Å². The molecule has 0 bridgehead atoms. The number of guanidine groups is 1. The lowest BCUT2D eigenvalue weighted by molar-refractivity contribution is -0.117. The highest BCUT2D eigenvalue weighted by atomic mass is 16.2. The first-order valence-corrected chi connectivity index (χ1v) is 6.63. The Morgan fingerprint density at radius 3 is 3.00 bits per heavy atom. The Kier molecular flexibility index (Phi) is 3.11. The van der Waals surface area contributed by atoms with Gasteiger partial charge in [-0.1, -0.05) is 18.2 Å². The molecule has 0 saturated carbocycles. The van der Waals surface area contributed by atoms with Crippen molar-refractivity contribution in [3.05, 3.63) is 29.8 Å². The van der Waals surface area contributed by atoms with Gasteiger partial charge in [-0.05, 0) is 18.1 Å². The number of hydrogen-bond acceptors (Lipinski definition) is 4. The highest BCUT2D eigenvalue weighted by Crippen LogP contribution is 2.27. The minimum atomic E-state index is 0.105. The van der Waals surface area contributed by atoms with E-state index in [1.807, 2.05) is 35.0 Å². The minimum Gasteiger partial charge on any atom is -0.347 e. The van der Waals surface area contributed by atoms with Crippen LogP contribution in [0.25, 0.3) is 0 Å². The molecular formula is C14H18N4O. The summed E-state index contributed by atoms with van der Waals surface area (Å²) in [5.74, 6) is 0.925. The van der Waals surface area contributed by atoms with E-state index in [-0.39, 0.29) is 5.91 Å². The molecule has 0 fully saturated rings. The second kappa shape index (κ2) is 4.91. The predicted octanol–water partition coefficient (Wildman–Crippen LogP) is 0.467. The quantitative estimate of drug-likeness (QED) is 0.838. The largest absolute Gasteiger partial charge is 0.347 e. The molecule has 100 valence electrons. The molecule has 0 saturated heterocycles. The van der Waals surface area contributed by atoms with Gasteiger partial charge in [0.15, 0.2) is 5.96 Å². The van der Waals surface area contributed by atoms with Gasteiger partial charge in [0.2, 0.25) is 5.91 Å². The van der Waals surface area contributed by atoms with Gasteiger partial charge in [-0.3, -0.25) is 9.79 Å². The molecule has 1 aromatic rings. The summed E-state index contributed by atoms with van der Waals surface area (Å²) in [5.41, 5.74) is 2.31. The number of anilines is 1. The van der Waals surface area contributed by atoms with Crippen LogP contribution in [0.4, 0.5) is 5.69 Å². The molecule has 0 aromatic heterocycles. The van der Waals surface area contributed by atoms with Crippen molar-refractivity contribution in [2.75, 3.05) is 38.1 Å². The van der Waals surface area contributed by atoms with Gasteiger partial charge in [0.1, 0.15) is 0 Å². The summed E-state index contributed by atoms with van der Waals surface area (Å²) < 4.78 is 0. The van der Waals surface area contributed by atoms with Gasteiger partial charge >= 0.3 is 0 Å². The number of carbonyl (C=O) groups is 1. The Morgan fingerprint density at radius 2 is 2.21 bits per heavy atom. The summed E-state index contributed by atoms with van der Waals surface area (Å²) in [6.07, 6.45) is 0.947. The molecule has 0 aliphatic carbocycles. The van der Waals surface area contributed by atoms with Crippen molar-refractivity contribution in [1.82, 2.24) is 10.2 Å². The highest BCUT2D eigenvalue weighted by molar-refractivity contribution is 5.98. The lowest BCUT2D eigenvalue weighted by Gasteiger charge is -2.20. The summed E-state index contributed by atoms with van der Waals surface area (Å²) in [5, 5.41) is 3.12. The average molecular weight is 258 g/mol. The van der Waals surface area contributed by atoms with Crippen LogP contribution in [0.15, 0.2) is 29.3 Å². The highest BCUT2D eigenvalue weighted by Gasteiger charge is 2.24. The number of nitrogens with zero attached hydrogens (tertiary/aromatic N) is 3. The standard InChI is InChI=1S/C14H18N4O/c1-17-9-7-15-14(17)16-10-13(19)18-8-6-11-4-2-3-5-12(11)18/h2-5H,6-10H2,1H3,(H,15,16). The molecule has 0 spiro atoms. The Hall–Kier alpha value is -2.04. The molecule has 5 heteroatoms. The lowest BCUT2D eigenvalue weighted by atomic mass is 10.2. The van der Waals surface area contributed by atoms with Crippen molar-refractivity contribution in [1.29, 1.82) is 0 Å². The number of carbonyl (C=O) groups excluding carboxylic acids is 1. The number of rotatable bonds is 2. The Bertz CT molecular complexity index is 526. The molecule has 19 heavy (non-hydrogen) atoms. The fraction of sp³-hybridized carbons (Fsp3) is 0.429. The van der Waals surface area contributed by atoms with Gasteiger partial charge < -0.3 is 15.1 Å². The van der Waals surface area contributed by atoms with Gasteiger partial charge in [0.05, 0.1) is 13.1 Å². The molecule has 0 radical (unpaired) electrons. The van der Waals surface area contributed by atoms with E-state index < -0.39 is 0 Å². The van der Waals surface area contributed by atoms with Gasteiger partial charge in [0, 0.05) is 25.8 Å². The Morgan fingerprint density at radius 1 is 1.37 bits per heavy atom. The van der Waals surface area contributed by atoms with E-state index >= 15 is 0 Å². The maximum atomic E-state index is 12.3. The summed E-state index contributed by atoms with van der Waals surface area (Å²) >= 11 is 0. The van der Waals surface area contributed by atoms with Gasteiger partial charge in [-0.15, -0.1) is 0 Å². The molecule has 2 aliphatic rings. The number of aliphatic imine (C=N–C) groups is 1. The molecule has 0 atom stereocenters. The number of para-hydroxylation sites is 1. The number of likely N-dealkylation sites (N-methyl/N-ethyl adjacent to an activating group) is 1. The third-order valence-electron chi connectivity index (χ3n) is 3.64. The molecule has 0 unspecified atom stereocenters. The maximum absolute atomic E-state index is 12.3. The third kappa shape index (κ3) is 2.28. The summed E-state index contributed by atoms with van der Waals surface area (Å²) in [6.45, 7) is 2.81. The molecule has 1 amide bonds. The molecule has 2 aliphatic heterocycles. The Labute approximate surface area is 112 Å². The molecular weight excluding hydrogens is 240 g/mol. The smallest absolute Gasteiger partial charge is 0.246 e. The van der Waals surface area contributed by atoms with E-state index in [1.54, 1.807) is 0 Å². The maximum Gasteiger partial charge on any atom is 0.246 e. The van der Waals surface area contributed by atoms with E-state index in [4.69, 9.17) is 0 Å². The van der Waals surface area contributed by atoms with Gasteiger partial charge in [-0.25, -0.2) is 0 Å². The van der Waals surface area contributed by atoms with E-state index in [0.717, 1.165) is 37.7 Å². The molecule has 1 N–H and O–H groups in total. The van der Waals surface area contributed by atoms with Crippen LogP contribution in [0.1, 0.15) is 5.56 Å². The molecule has 5 nitrogen and oxygen atoms in total. The minimum absolute atomic E-state index is 0.105. The van der Waals surface area contributed by atoms with Crippen LogP contribution in [-0.4, -0.2) is 50.0 Å². The van der Waals surface area contributed by atoms with E-state index in [0.29, 0.717) is 6.54 Å². The zero-order valence-electron chi connectivity index (χ0n) is 11.1. The molecule has 3 rings (SSSR count). The average Bonchev–Trinajstić information content (AvgIpc) is 3.02. The van der Waals surface area contributed by atoms with Crippen LogP contribution in [0.5, 0.6) is 0 Å². The number of benzene rings is 1. The van der Waals surface area contributed by atoms with Crippen LogP contribution in [-0.2, 0) is 11.2 Å². The fourth-order valence-electron chi connectivity index (χ4n) is 2.57. The van der Waals surface area contributed by atoms with Crippen LogP contribution in [0.2, 0.25) is 0 Å². The third-order valence-corrected chi connectivity index (χ3v) is 3.64. The number of fused-ring (bicyclic) bond motifs is 1. The number of hydrogen-bond donors (Lipinski definition) is 1. The molecule has 1 aromatic carbocycles. The lowest BCUT2D eigenvalue weighted by Crippen LogP contribution is -2.43. The SMILES string of the molecule is CN1CCN=C1NCC(=O)N1CCc2ccccc21. The van der Waals surface area contributed by atoms with Crippen molar-refractivity contribution < 1.29 is 4.79 Å². The zero-order chi connectivity index (χ0) is 13.2. The predicted molar refractivity (Wildman–Crippen MR) is 75.4 cm³/mol. The number of nitrogens with one attached hydrogen (secondary N) is 1. The first-order valence-electron chi connectivity index (χ1n) is 6.63. The molecule has 2 heterocycles. The number of amides is 1.